The predicted octanol–water partition coefficient (Wildman–Crippen LogP) is 21.4. The van der Waals surface area contributed by atoms with Crippen molar-refractivity contribution in [1.29, 1.82) is 0 Å². The molecule has 0 radical (unpaired) electrons. The van der Waals surface area contributed by atoms with Gasteiger partial charge >= 0.3 is 0 Å². The van der Waals surface area contributed by atoms with Gasteiger partial charge in [0.05, 0.1) is 11.4 Å². The number of benzene rings is 9. The summed E-state index contributed by atoms with van der Waals surface area (Å²) in [6.07, 6.45) is 0. The van der Waals surface area contributed by atoms with E-state index in [1.807, 2.05) is 45.3 Å². The van der Waals surface area contributed by atoms with Gasteiger partial charge in [0, 0.05) is 71.4 Å². The summed E-state index contributed by atoms with van der Waals surface area (Å²) < 4.78 is 20.1. The zero-order chi connectivity index (χ0) is 55.6. The van der Waals surface area contributed by atoms with Crippen LogP contribution in [-0.4, -0.2) is 6.71 Å². The predicted molar refractivity (Wildman–Crippen MR) is 361 cm³/mol. The van der Waals surface area contributed by atoms with Gasteiger partial charge in [0.2, 0.25) is 11.8 Å². The van der Waals surface area contributed by atoms with Gasteiger partial charge in [-0.3, -0.25) is 9.80 Å². The van der Waals surface area contributed by atoms with Crippen molar-refractivity contribution in [3.05, 3.63) is 223 Å². The second kappa shape index (κ2) is 18.0. The Bertz CT molecular complexity index is 4550. The Kier molecular flexibility index (Phi) is 10.7. The maximum atomic E-state index is 7.53. The first-order chi connectivity index (χ1) is 40.3. The van der Waals surface area contributed by atoms with Gasteiger partial charge < -0.3 is 8.83 Å². The largest absolute Gasteiger partial charge is 0.440 e. The molecule has 15 aromatic rings. The zero-order valence-corrected chi connectivity index (χ0v) is 49.9. The molecule has 17 rings (SSSR count). The molecule has 398 valence electrons. The van der Waals surface area contributed by atoms with Crippen LogP contribution in [0.5, 0.6) is 0 Å². The van der Waals surface area contributed by atoms with Gasteiger partial charge in [-0.25, -0.2) is 0 Å². The van der Waals surface area contributed by atoms with Crippen molar-refractivity contribution in [2.24, 2.45) is 0 Å². The van der Waals surface area contributed by atoms with Gasteiger partial charge in [-0.2, -0.15) is 0 Å². The minimum absolute atomic E-state index is 0.114. The van der Waals surface area contributed by atoms with E-state index in [0.717, 1.165) is 67.4 Å². The Morgan fingerprint density at radius 2 is 0.675 bits per heavy atom. The number of rotatable bonds is 6. The van der Waals surface area contributed by atoms with Gasteiger partial charge in [0.1, 0.15) is 11.2 Å². The van der Waals surface area contributed by atoms with E-state index in [9.17, 15) is 0 Å². The molecule has 4 nitrogen and oxygen atoms in total. The third-order valence-electron chi connectivity index (χ3n) is 17.2. The molecule has 0 bridgehead atoms. The molecule has 2 aliphatic rings. The third-order valence-corrected chi connectivity index (χ3v) is 21.8. The Labute approximate surface area is 497 Å². The van der Waals surface area contributed by atoms with E-state index in [-0.39, 0.29) is 17.5 Å². The van der Waals surface area contributed by atoms with Gasteiger partial charge in [-0.05, 0) is 193 Å². The van der Waals surface area contributed by atoms with E-state index in [2.05, 4.69) is 264 Å². The molecule has 0 aliphatic carbocycles. The molecule has 9 heteroatoms. The summed E-state index contributed by atoms with van der Waals surface area (Å²) >= 11 is 7.40. The SMILES string of the molecule is CC(C)(C)c1ccc2oc3c(c2c1)B1c2c(cccc2N(c2cc(-c4cc5ccccc5s4)cc(-c4cc5ccccc5s4)c2)c2oc4ccc(C(C)(C)C)cc4c21)N3c1cc(-c2cc3ccccc3s2)cc(-c2cc3ccccc3s2)c1. The molecule has 83 heavy (non-hydrogen) atoms. The Balaban J connectivity index is 0.976. The summed E-state index contributed by atoms with van der Waals surface area (Å²) in [5.41, 5.74) is 16.4. The summed E-state index contributed by atoms with van der Waals surface area (Å²) in [6, 6.07) is 79.5. The minimum atomic E-state index is -0.257. The molecule has 9 aromatic carbocycles. The van der Waals surface area contributed by atoms with Crippen LogP contribution >= 0.6 is 45.3 Å². The molecule has 0 N–H and O–H groups in total. The van der Waals surface area contributed by atoms with Crippen molar-refractivity contribution in [2.45, 2.75) is 52.4 Å². The molecule has 0 unspecified atom stereocenters. The van der Waals surface area contributed by atoms with E-state index >= 15 is 0 Å². The van der Waals surface area contributed by atoms with E-state index in [4.69, 9.17) is 8.83 Å². The van der Waals surface area contributed by atoms with E-state index in [1.165, 1.54) is 98.7 Å². The van der Waals surface area contributed by atoms with Crippen LogP contribution in [0, 0.1) is 0 Å². The van der Waals surface area contributed by atoms with E-state index in [0.29, 0.717) is 0 Å². The molecule has 6 aromatic heterocycles. The van der Waals surface area contributed by atoms with Crippen LogP contribution < -0.4 is 26.2 Å². The first-order valence-corrected chi connectivity index (χ1v) is 31.7. The van der Waals surface area contributed by atoms with Crippen molar-refractivity contribution < 1.29 is 8.83 Å². The molecule has 0 atom stereocenters. The minimum Gasteiger partial charge on any atom is -0.440 e. The van der Waals surface area contributed by atoms with Crippen molar-refractivity contribution in [3.63, 3.8) is 0 Å². The first kappa shape index (κ1) is 49.2. The van der Waals surface area contributed by atoms with Gasteiger partial charge in [0.15, 0.2) is 0 Å². The summed E-state index contributed by atoms with van der Waals surface area (Å²) in [7, 11) is 0. The Hall–Kier alpha value is -8.44. The van der Waals surface area contributed by atoms with Crippen molar-refractivity contribution in [2.75, 3.05) is 9.80 Å². The lowest BCUT2D eigenvalue weighted by atomic mass is 9.33. The van der Waals surface area contributed by atoms with Crippen LogP contribution in [0.3, 0.4) is 0 Å². The monoisotopic (exact) mass is 1140 g/mol. The fraction of sp³-hybridized carbons (Fsp3) is 0.108. The van der Waals surface area contributed by atoms with Crippen LogP contribution in [0.25, 0.3) is 104 Å². The third kappa shape index (κ3) is 7.82. The smallest absolute Gasteiger partial charge is 0.262 e. The van der Waals surface area contributed by atoms with Crippen LogP contribution in [-0.2, 0) is 10.8 Å². The topological polar surface area (TPSA) is 32.8 Å². The first-order valence-electron chi connectivity index (χ1n) is 28.5. The highest BCUT2D eigenvalue weighted by Crippen LogP contribution is 2.52. The Morgan fingerprint density at radius 3 is 1.00 bits per heavy atom. The highest BCUT2D eigenvalue weighted by molar-refractivity contribution is 7.23. The highest BCUT2D eigenvalue weighted by Gasteiger charge is 2.49. The number of hydrogen-bond acceptors (Lipinski definition) is 8. The van der Waals surface area contributed by atoms with E-state index < -0.39 is 0 Å². The maximum absolute atomic E-state index is 7.53. The van der Waals surface area contributed by atoms with Crippen LogP contribution in [0.4, 0.5) is 34.5 Å². The van der Waals surface area contributed by atoms with E-state index in [1.54, 1.807) is 0 Å². The zero-order valence-electron chi connectivity index (χ0n) is 46.6. The highest BCUT2D eigenvalue weighted by atomic mass is 32.1. The fourth-order valence-electron chi connectivity index (χ4n) is 13.0. The second-order valence-electron chi connectivity index (χ2n) is 24.5. The van der Waals surface area contributed by atoms with Crippen LogP contribution in [0.2, 0.25) is 0 Å². The molecule has 0 saturated heterocycles. The maximum Gasteiger partial charge on any atom is 0.262 e. The summed E-state index contributed by atoms with van der Waals surface area (Å²) in [5, 5.41) is 7.23. The number of furan rings is 2. The lowest BCUT2D eigenvalue weighted by Gasteiger charge is -2.40. The standard InChI is InChI=1S/C74H53BN2O2S4/c1-73(2,3)50-26-28-58-54(40-50)68-71(78-58)76(52-32-46(64-36-42-16-7-11-22-60(42)80-64)30-47(33-52)65-37-43-17-8-12-23-61(43)81-65)56-20-15-21-57-70(56)75(68)69-55-41-51(74(4,5)6)27-29-59(55)79-72(69)77(57)53-34-48(66-38-44-18-9-13-24-62(44)82-66)31-49(35-53)67-39-45-19-10-14-25-63(45)83-67/h7-41H,1-6H3. The average molecular weight is 1140 g/mol. The number of nitrogens with zero attached hydrogens (tertiary/aromatic N) is 2. The summed E-state index contributed by atoms with van der Waals surface area (Å²) in [6.45, 7) is 13.6. The second-order valence-corrected chi connectivity index (χ2v) is 28.8. The quantitative estimate of drug-likeness (QED) is 0.155. The number of fused-ring (bicyclic) bond motifs is 12. The molecule has 0 spiro atoms. The molecule has 0 saturated carbocycles. The summed E-state index contributed by atoms with van der Waals surface area (Å²) in [4.78, 5) is 9.81. The van der Waals surface area contributed by atoms with Crippen LogP contribution in [0.1, 0.15) is 52.7 Å². The lowest BCUT2D eigenvalue weighted by molar-refractivity contribution is 0.589. The van der Waals surface area contributed by atoms with Crippen molar-refractivity contribution >= 4 is 165 Å². The molecule has 0 fully saturated rings. The molecular formula is C74H53BN2O2S4. The Morgan fingerprint density at radius 1 is 0.337 bits per heavy atom. The normalized spacial score (nSPS) is 13.3. The fourth-order valence-corrected chi connectivity index (χ4v) is 17.2. The van der Waals surface area contributed by atoms with Crippen molar-refractivity contribution in [1.82, 2.24) is 0 Å². The number of thiophene rings is 4. The van der Waals surface area contributed by atoms with Gasteiger partial charge in [-0.1, -0.05) is 133 Å². The molecule has 2 aliphatic heterocycles. The van der Waals surface area contributed by atoms with Gasteiger partial charge in [-0.15, -0.1) is 45.3 Å². The average Bonchev–Trinajstić information content (AvgIpc) is 1.84. The number of anilines is 6. The van der Waals surface area contributed by atoms with Crippen LogP contribution in [0.15, 0.2) is 221 Å². The summed E-state index contributed by atoms with van der Waals surface area (Å²) in [5.74, 6) is 1.66. The lowest BCUT2D eigenvalue weighted by Crippen LogP contribution is -2.60. The molecule has 8 heterocycles. The molecular weight excluding hydrogens is 1090 g/mol. The number of hydrogen-bond donors (Lipinski definition) is 0. The van der Waals surface area contributed by atoms with Gasteiger partial charge in [0.25, 0.3) is 6.71 Å². The molecule has 0 amide bonds. The van der Waals surface area contributed by atoms with Crippen molar-refractivity contribution in [3.8, 4) is 41.8 Å².